The molecule has 10 heteroatoms. The van der Waals surface area contributed by atoms with Crippen molar-refractivity contribution in [3.05, 3.63) is 46.2 Å². The lowest BCUT2D eigenvalue weighted by Gasteiger charge is -2.34. The summed E-state index contributed by atoms with van der Waals surface area (Å²) >= 11 is 6.61. The van der Waals surface area contributed by atoms with Crippen molar-refractivity contribution in [1.82, 2.24) is 25.1 Å². The van der Waals surface area contributed by atoms with Crippen molar-refractivity contribution < 1.29 is 9.53 Å². The third-order valence-corrected chi connectivity index (χ3v) is 6.43. The summed E-state index contributed by atoms with van der Waals surface area (Å²) < 4.78 is 5.14. The number of H-pyrrole nitrogens is 1. The molecule has 5 rings (SSSR count). The number of anilines is 3. The Kier molecular flexibility index (Phi) is 5.90. The van der Waals surface area contributed by atoms with Crippen LogP contribution in [0, 0.1) is 0 Å². The molecular formula is C23H26ClN7O2. The predicted octanol–water partition coefficient (Wildman–Crippen LogP) is 3.29. The normalized spacial score (nSPS) is 15.7. The fourth-order valence-corrected chi connectivity index (χ4v) is 4.61. The molecular weight excluding hydrogens is 442 g/mol. The molecule has 0 atom stereocenters. The second kappa shape index (κ2) is 8.99. The molecule has 2 aromatic heterocycles. The number of esters is 1. The lowest BCUT2D eigenvalue weighted by Crippen LogP contribution is -2.44. The highest BCUT2D eigenvalue weighted by Gasteiger charge is 2.27. The van der Waals surface area contributed by atoms with Gasteiger partial charge in [-0.1, -0.05) is 11.6 Å². The van der Waals surface area contributed by atoms with E-state index in [1.807, 2.05) is 24.4 Å². The first-order valence-corrected chi connectivity index (χ1v) is 11.5. The molecule has 0 bridgehead atoms. The number of fused-ring (bicyclic) bond motifs is 3. The molecule has 172 valence electrons. The Morgan fingerprint density at radius 3 is 2.79 bits per heavy atom. The first-order valence-electron chi connectivity index (χ1n) is 11.1. The largest absolute Gasteiger partial charge is 0.461 e. The van der Waals surface area contributed by atoms with Crippen LogP contribution in [-0.4, -0.2) is 70.9 Å². The van der Waals surface area contributed by atoms with Crippen LogP contribution in [0.1, 0.15) is 28.5 Å². The van der Waals surface area contributed by atoms with E-state index in [0.29, 0.717) is 35.4 Å². The summed E-state index contributed by atoms with van der Waals surface area (Å²) in [7, 11) is 2.13. The third kappa shape index (κ3) is 4.26. The highest BCUT2D eigenvalue weighted by molar-refractivity contribution is 6.33. The number of aryl methyl sites for hydroxylation is 1. The molecule has 1 aromatic carbocycles. The van der Waals surface area contributed by atoms with Crippen molar-refractivity contribution in [3.63, 3.8) is 0 Å². The van der Waals surface area contributed by atoms with Crippen LogP contribution in [0.3, 0.4) is 0 Å². The van der Waals surface area contributed by atoms with Crippen molar-refractivity contribution >= 4 is 34.9 Å². The lowest BCUT2D eigenvalue weighted by molar-refractivity contribution is 0.0518. The summed E-state index contributed by atoms with van der Waals surface area (Å²) in [5, 5.41) is 11.1. The van der Waals surface area contributed by atoms with E-state index in [0.717, 1.165) is 60.8 Å². The minimum absolute atomic E-state index is 0.315. The van der Waals surface area contributed by atoms with Crippen LogP contribution in [0.5, 0.6) is 0 Å². The van der Waals surface area contributed by atoms with Crippen molar-refractivity contribution in [2.24, 2.45) is 0 Å². The number of nitrogens with one attached hydrogen (secondary N) is 2. The van der Waals surface area contributed by atoms with Crippen molar-refractivity contribution in [2.75, 3.05) is 50.1 Å². The Morgan fingerprint density at radius 2 is 2.03 bits per heavy atom. The number of ether oxygens (including phenoxy) is 1. The number of aromatic nitrogens is 4. The Hall–Kier alpha value is -3.17. The number of hydrogen-bond donors (Lipinski definition) is 2. The molecule has 3 heterocycles. The zero-order valence-corrected chi connectivity index (χ0v) is 19.4. The number of hydrogen-bond acceptors (Lipinski definition) is 8. The van der Waals surface area contributed by atoms with E-state index in [4.69, 9.17) is 21.3 Å². The predicted molar refractivity (Wildman–Crippen MR) is 127 cm³/mol. The van der Waals surface area contributed by atoms with E-state index in [1.54, 1.807) is 6.92 Å². The van der Waals surface area contributed by atoms with Crippen LogP contribution in [-0.2, 0) is 17.6 Å². The number of nitrogens with zero attached hydrogens (tertiary/aromatic N) is 5. The lowest BCUT2D eigenvalue weighted by atomic mass is 9.93. The summed E-state index contributed by atoms with van der Waals surface area (Å²) in [6, 6.07) is 5.92. The summed E-state index contributed by atoms with van der Waals surface area (Å²) in [5.41, 5.74) is 5.48. The maximum Gasteiger partial charge on any atom is 0.356 e. The second-order valence-corrected chi connectivity index (χ2v) is 8.70. The Labute approximate surface area is 197 Å². The SMILES string of the molecule is CCOC(=O)c1[nH]nc2c1CCc1cnc(Nc3ccc(N4CCN(C)CC4)c(Cl)c3)nc1-2. The van der Waals surface area contributed by atoms with Crippen LogP contribution < -0.4 is 10.2 Å². The number of halogens is 1. The average Bonchev–Trinajstić information content (AvgIpc) is 3.25. The minimum atomic E-state index is -0.391. The maximum absolute atomic E-state index is 12.2. The van der Waals surface area contributed by atoms with E-state index < -0.39 is 5.97 Å². The topological polar surface area (TPSA) is 99.3 Å². The number of benzene rings is 1. The monoisotopic (exact) mass is 467 g/mol. The zero-order valence-electron chi connectivity index (χ0n) is 18.7. The van der Waals surface area contributed by atoms with E-state index in [-0.39, 0.29) is 0 Å². The standard InChI is InChI=1S/C23H26ClN7O2/c1-3-33-22(32)21-16-6-4-14-13-25-23(27-19(14)20(16)28-29-21)26-15-5-7-18(17(24)12-15)31-10-8-30(2)9-11-31/h5,7,12-13H,3-4,6,8-11H2,1-2H3,(H,28,29)(H,25,26,27). The highest BCUT2D eigenvalue weighted by Crippen LogP contribution is 2.34. The molecule has 0 radical (unpaired) electrons. The number of aromatic amines is 1. The van der Waals surface area contributed by atoms with Crippen LogP contribution in [0.2, 0.25) is 5.02 Å². The number of rotatable bonds is 5. The summed E-state index contributed by atoms with van der Waals surface area (Å²) in [6.45, 7) is 6.05. The van der Waals surface area contributed by atoms with Gasteiger partial charge in [-0.15, -0.1) is 0 Å². The Morgan fingerprint density at radius 1 is 1.21 bits per heavy atom. The van der Waals surface area contributed by atoms with Gasteiger partial charge in [-0.3, -0.25) is 5.10 Å². The molecule has 0 amide bonds. The molecule has 33 heavy (non-hydrogen) atoms. The van der Waals surface area contributed by atoms with Crippen LogP contribution in [0.4, 0.5) is 17.3 Å². The van der Waals surface area contributed by atoms with Gasteiger partial charge in [-0.2, -0.15) is 5.10 Å². The molecule has 0 unspecified atom stereocenters. The van der Waals surface area contributed by atoms with Crippen LogP contribution >= 0.6 is 11.6 Å². The zero-order chi connectivity index (χ0) is 22.9. The molecule has 1 aliphatic heterocycles. The van der Waals surface area contributed by atoms with Gasteiger partial charge in [-0.25, -0.2) is 14.8 Å². The van der Waals surface area contributed by atoms with Crippen molar-refractivity contribution in [3.8, 4) is 11.4 Å². The van der Waals surface area contributed by atoms with Gasteiger partial charge in [0.15, 0.2) is 0 Å². The fraction of sp³-hybridized carbons (Fsp3) is 0.391. The first kappa shape index (κ1) is 21.7. The van der Waals surface area contributed by atoms with E-state index >= 15 is 0 Å². The Balaban J connectivity index is 1.37. The molecule has 2 aliphatic rings. The van der Waals surface area contributed by atoms with Gasteiger partial charge in [0.25, 0.3) is 0 Å². The molecule has 1 aliphatic carbocycles. The summed E-state index contributed by atoms with van der Waals surface area (Å²) in [4.78, 5) is 26.0. The molecule has 0 spiro atoms. The summed E-state index contributed by atoms with van der Waals surface area (Å²) in [6.07, 6.45) is 3.24. The van der Waals surface area contributed by atoms with Crippen LogP contribution in [0.25, 0.3) is 11.4 Å². The Bertz CT molecular complexity index is 1190. The maximum atomic E-state index is 12.2. The molecule has 1 saturated heterocycles. The van der Waals surface area contributed by atoms with Gasteiger partial charge >= 0.3 is 5.97 Å². The van der Waals surface area contributed by atoms with E-state index in [9.17, 15) is 4.79 Å². The third-order valence-electron chi connectivity index (χ3n) is 6.13. The second-order valence-electron chi connectivity index (χ2n) is 8.30. The number of carbonyl (C=O) groups excluding carboxylic acids is 1. The van der Waals surface area contributed by atoms with Crippen molar-refractivity contribution in [1.29, 1.82) is 0 Å². The highest BCUT2D eigenvalue weighted by atomic mass is 35.5. The van der Waals surface area contributed by atoms with Crippen LogP contribution in [0.15, 0.2) is 24.4 Å². The summed E-state index contributed by atoms with van der Waals surface area (Å²) in [5.74, 6) is 0.0582. The van der Waals surface area contributed by atoms with Gasteiger partial charge in [0.1, 0.15) is 11.4 Å². The first-order chi connectivity index (χ1) is 16.0. The smallest absolute Gasteiger partial charge is 0.356 e. The quantitative estimate of drug-likeness (QED) is 0.551. The molecule has 1 fully saturated rings. The average molecular weight is 468 g/mol. The van der Waals surface area contributed by atoms with E-state index in [1.165, 1.54) is 0 Å². The molecule has 9 nitrogen and oxygen atoms in total. The van der Waals surface area contributed by atoms with Gasteiger partial charge in [0.2, 0.25) is 5.95 Å². The van der Waals surface area contributed by atoms with Crippen molar-refractivity contribution in [2.45, 2.75) is 19.8 Å². The number of carbonyl (C=O) groups is 1. The molecule has 3 aromatic rings. The number of likely N-dealkylation sites (N-methyl/N-ethyl adjacent to an activating group) is 1. The van der Waals surface area contributed by atoms with Gasteiger partial charge in [-0.05, 0) is 50.6 Å². The molecule has 2 N–H and O–H groups in total. The molecule has 0 saturated carbocycles. The van der Waals surface area contributed by atoms with Gasteiger partial charge in [0, 0.05) is 43.6 Å². The van der Waals surface area contributed by atoms with Gasteiger partial charge < -0.3 is 19.9 Å². The van der Waals surface area contributed by atoms with E-state index in [2.05, 4.69) is 37.3 Å². The minimum Gasteiger partial charge on any atom is -0.461 e. The number of piperazine rings is 1. The fourth-order valence-electron chi connectivity index (χ4n) is 4.31. The van der Waals surface area contributed by atoms with Gasteiger partial charge in [0.05, 0.1) is 23.0 Å².